The Labute approximate surface area is 303 Å². The minimum atomic E-state index is -4.40. The summed E-state index contributed by atoms with van der Waals surface area (Å²) in [5, 5.41) is 3.54. The number of ether oxygens (including phenoxy) is 3. The Balaban J connectivity index is 1.85. The minimum Gasteiger partial charge on any atom is -0.494 e. The molecule has 4 aromatic rings. The number of rotatable bonds is 16. The van der Waals surface area contributed by atoms with Gasteiger partial charge in [-0.05, 0) is 80.4 Å². The third-order valence-corrected chi connectivity index (χ3v) is 10.2. The van der Waals surface area contributed by atoms with Gasteiger partial charge in [-0.2, -0.15) is 0 Å². The zero-order valence-corrected chi connectivity index (χ0v) is 30.9. The van der Waals surface area contributed by atoms with Crippen LogP contribution in [0.1, 0.15) is 31.9 Å². The number of carbonyl (C=O) groups is 2. The molecule has 2 amide bonds. The molecule has 0 aromatic heterocycles. The third kappa shape index (κ3) is 9.62. The summed E-state index contributed by atoms with van der Waals surface area (Å²) in [5.41, 5.74) is 1.61. The summed E-state index contributed by atoms with van der Waals surface area (Å²) in [5.74, 6) is 0.0333. The molecule has 0 aliphatic carbocycles. The number of hydrogen-bond donors (Lipinski definition) is 1. The second-order valence-electron chi connectivity index (χ2n) is 11.6. The molecular weight excluding hydrogens is 701 g/mol. The quantitative estimate of drug-likeness (QED) is 0.135. The third-order valence-electron chi connectivity index (χ3n) is 7.70. The molecule has 0 saturated heterocycles. The molecule has 266 valence electrons. The van der Waals surface area contributed by atoms with Gasteiger partial charge in [0.2, 0.25) is 11.8 Å². The van der Waals surface area contributed by atoms with Crippen molar-refractivity contribution in [2.24, 2.45) is 0 Å². The Morgan fingerprint density at radius 3 is 2.10 bits per heavy atom. The van der Waals surface area contributed by atoms with Crippen LogP contribution in [0.2, 0.25) is 10.0 Å². The molecule has 1 N–H and O–H groups in total. The highest BCUT2D eigenvalue weighted by Crippen LogP contribution is 2.33. The molecule has 4 aromatic carbocycles. The standard InChI is InChI=1S/C37H41Cl2N3O7S/c1-6-49-29-15-13-28(14-16-29)42(50(45,46)30-17-19-34(47-4)35(22-30)48-5)24-36(43)41(23-27-12-18-31(38)32(39)20-27)33(37(44)40-25(2)3)21-26-10-8-7-9-11-26/h7-20,22,25,33H,6,21,23-24H2,1-5H3,(H,40,44)/t33-/m0/s1. The number of carbonyl (C=O) groups excluding carboxylic acids is 2. The van der Waals surface area contributed by atoms with Crippen LogP contribution in [-0.2, 0) is 32.6 Å². The maximum atomic E-state index is 14.7. The van der Waals surface area contributed by atoms with Crippen molar-refractivity contribution in [1.29, 1.82) is 0 Å². The summed E-state index contributed by atoms with van der Waals surface area (Å²) < 4.78 is 46.2. The number of sulfonamides is 1. The van der Waals surface area contributed by atoms with Crippen molar-refractivity contribution in [2.75, 3.05) is 31.7 Å². The summed E-state index contributed by atoms with van der Waals surface area (Å²) in [6.45, 7) is 5.19. The maximum Gasteiger partial charge on any atom is 0.264 e. The molecule has 13 heteroatoms. The van der Waals surface area contributed by atoms with Crippen LogP contribution in [0.15, 0.2) is 95.9 Å². The van der Waals surface area contributed by atoms with Gasteiger partial charge in [0.1, 0.15) is 18.3 Å². The van der Waals surface area contributed by atoms with Gasteiger partial charge in [0.05, 0.1) is 41.5 Å². The number of hydrogen-bond acceptors (Lipinski definition) is 7. The molecule has 4 rings (SSSR count). The number of methoxy groups -OCH3 is 2. The van der Waals surface area contributed by atoms with Gasteiger partial charge in [-0.1, -0.05) is 59.6 Å². The first-order valence-corrected chi connectivity index (χ1v) is 18.1. The summed E-state index contributed by atoms with van der Waals surface area (Å²) in [4.78, 5) is 29.8. The van der Waals surface area contributed by atoms with Crippen molar-refractivity contribution in [1.82, 2.24) is 10.2 Å². The van der Waals surface area contributed by atoms with E-state index >= 15 is 0 Å². The predicted molar refractivity (Wildman–Crippen MR) is 196 cm³/mol. The molecule has 10 nitrogen and oxygen atoms in total. The Bertz CT molecular complexity index is 1870. The molecule has 0 heterocycles. The molecule has 0 saturated carbocycles. The van der Waals surface area contributed by atoms with E-state index in [-0.39, 0.29) is 40.4 Å². The minimum absolute atomic E-state index is 0.0632. The number of anilines is 1. The monoisotopic (exact) mass is 741 g/mol. The van der Waals surface area contributed by atoms with Crippen molar-refractivity contribution in [3.63, 3.8) is 0 Å². The Kier molecular flexibility index (Phi) is 13.4. The lowest BCUT2D eigenvalue weighted by molar-refractivity contribution is -0.140. The van der Waals surface area contributed by atoms with Crippen molar-refractivity contribution >= 4 is 50.7 Å². The molecule has 0 fully saturated rings. The lowest BCUT2D eigenvalue weighted by atomic mass is 10.0. The molecule has 50 heavy (non-hydrogen) atoms. The first-order valence-electron chi connectivity index (χ1n) is 15.9. The fraction of sp³-hybridized carbons (Fsp3) is 0.297. The van der Waals surface area contributed by atoms with Gasteiger partial charge in [-0.25, -0.2) is 8.42 Å². The van der Waals surface area contributed by atoms with Crippen molar-refractivity contribution in [3.8, 4) is 17.2 Å². The predicted octanol–water partition coefficient (Wildman–Crippen LogP) is 6.77. The molecular formula is C37H41Cl2N3O7S. The fourth-order valence-corrected chi connectivity index (χ4v) is 7.03. The first-order chi connectivity index (χ1) is 23.9. The van der Waals surface area contributed by atoms with E-state index in [4.69, 9.17) is 37.4 Å². The summed E-state index contributed by atoms with van der Waals surface area (Å²) in [6.07, 6.45) is 0.165. The van der Waals surface area contributed by atoms with Crippen molar-refractivity contribution in [3.05, 3.63) is 112 Å². The lowest BCUT2D eigenvalue weighted by Crippen LogP contribution is -2.54. The highest BCUT2D eigenvalue weighted by atomic mass is 35.5. The normalized spacial score (nSPS) is 11.8. The van der Waals surface area contributed by atoms with Crippen LogP contribution in [0.25, 0.3) is 0 Å². The average Bonchev–Trinajstić information content (AvgIpc) is 3.10. The Morgan fingerprint density at radius 2 is 1.50 bits per heavy atom. The summed E-state index contributed by atoms with van der Waals surface area (Å²) in [7, 11) is -1.56. The van der Waals surface area contributed by atoms with E-state index in [0.29, 0.717) is 28.7 Å². The van der Waals surface area contributed by atoms with E-state index < -0.39 is 34.4 Å². The van der Waals surface area contributed by atoms with Crippen LogP contribution in [0, 0.1) is 0 Å². The van der Waals surface area contributed by atoms with Crippen LogP contribution in [-0.4, -0.2) is 64.6 Å². The molecule has 0 radical (unpaired) electrons. The van der Waals surface area contributed by atoms with Gasteiger partial charge in [-0.15, -0.1) is 0 Å². The van der Waals surface area contributed by atoms with Crippen molar-refractivity contribution in [2.45, 2.75) is 50.7 Å². The molecule has 0 unspecified atom stereocenters. The Hall–Kier alpha value is -4.45. The summed E-state index contributed by atoms with van der Waals surface area (Å²) >= 11 is 12.6. The topological polar surface area (TPSA) is 114 Å². The van der Waals surface area contributed by atoms with E-state index in [9.17, 15) is 18.0 Å². The second-order valence-corrected chi connectivity index (χ2v) is 14.3. The van der Waals surface area contributed by atoms with Crippen LogP contribution >= 0.6 is 23.2 Å². The van der Waals surface area contributed by atoms with Crippen LogP contribution < -0.4 is 23.8 Å². The number of benzene rings is 4. The largest absolute Gasteiger partial charge is 0.494 e. The Morgan fingerprint density at radius 1 is 0.820 bits per heavy atom. The van der Waals surface area contributed by atoms with Crippen LogP contribution in [0.4, 0.5) is 5.69 Å². The lowest BCUT2D eigenvalue weighted by Gasteiger charge is -2.34. The maximum absolute atomic E-state index is 14.7. The van der Waals surface area contributed by atoms with Gasteiger partial charge in [-0.3, -0.25) is 13.9 Å². The number of nitrogens with one attached hydrogen (secondary N) is 1. The smallest absolute Gasteiger partial charge is 0.264 e. The highest BCUT2D eigenvalue weighted by Gasteiger charge is 2.35. The van der Waals surface area contributed by atoms with Gasteiger partial charge >= 0.3 is 0 Å². The molecule has 0 spiro atoms. The first kappa shape index (κ1) is 38.4. The van der Waals surface area contributed by atoms with E-state index in [1.165, 1.54) is 37.3 Å². The zero-order valence-electron chi connectivity index (χ0n) is 28.6. The fourth-order valence-electron chi connectivity index (χ4n) is 5.28. The molecule has 0 aliphatic rings. The van der Waals surface area contributed by atoms with Gasteiger partial charge in [0.25, 0.3) is 10.0 Å². The second kappa shape index (κ2) is 17.5. The van der Waals surface area contributed by atoms with Crippen LogP contribution in [0.3, 0.4) is 0 Å². The number of halogens is 2. The van der Waals surface area contributed by atoms with E-state index in [0.717, 1.165) is 9.87 Å². The van der Waals surface area contributed by atoms with Crippen molar-refractivity contribution < 1.29 is 32.2 Å². The number of nitrogens with zero attached hydrogens (tertiary/aromatic N) is 2. The molecule has 1 atom stereocenters. The van der Waals surface area contributed by atoms with E-state index in [1.54, 1.807) is 42.5 Å². The van der Waals surface area contributed by atoms with Crippen LogP contribution in [0.5, 0.6) is 17.2 Å². The zero-order chi connectivity index (χ0) is 36.4. The average molecular weight is 743 g/mol. The highest BCUT2D eigenvalue weighted by molar-refractivity contribution is 7.92. The van der Waals surface area contributed by atoms with Gasteiger partial charge < -0.3 is 24.4 Å². The van der Waals surface area contributed by atoms with Gasteiger partial charge in [0, 0.05) is 25.1 Å². The molecule has 0 bridgehead atoms. The van der Waals surface area contributed by atoms with E-state index in [1.807, 2.05) is 51.1 Å². The summed E-state index contributed by atoms with van der Waals surface area (Å²) in [6, 6.07) is 23.5. The van der Waals surface area contributed by atoms with Gasteiger partial charge in [0.15, 0.2) is 11.5 Å². The van der Waals surface area contributed by atoms with E-state index in [2.05, 4.69) is 5.32 Å². The number of amides is 2. The molecule has 0 aliphatic heterocycles. The SMILES string of the molecule is CCOc1ccc(N(CC(=O)N(Cc2ccc(Cl)c(Cl)c2)[C@@H](Cc2ccccc2)C(=O)NC(C)C)S(=O)(=O)c2ccc(OC)c(OC)c2)cc1.